The maximum absolute atomic E-state index is 11.8. The van der Waals surface area contributed by atoms with Gasteiger partial charge in [0.15, 0.2) is 5.15 Å². The maximum Gasteiger partial charge on any atom is 0.220 e. The molecule has 2 atom stereocenters. The number of ether oxygens (including phenoxy) is 1. The van der Waals surface area contributed by atoms with Gasteiger partial charge in [0, 0.05) is 59.2 Å². The number of Topliss-reactive ketones (excluding diaryl/α,β-unsaturated/α-hetero) is 1. The lowest BCUT2D eigenvalue weighted by Gasteiger charge is -2.17. The number of benzene rings is 4. The topological polar surface area (TPSA) is 118 Å². The normalized spacial score (nSPS) is 15.0. The molecule has 260 valence electrons. The van der Waals surface area contributed by atoms with Crippen molar-refractivity contribution in [2.45, 2.75) is 51.5 Å². The Balaban J connectivity index is 1.23. The number of carbonyl (C=O) groups is 2. The molecule has 0 saturated carbocycles. The molecule has 0 radical (unpaired) electrons. The number of aliphatic hydroxyl groups excluding tert-OH is 1. The number of carbonyl (C=O) groups excluding carboxylic acids is 2. The molecule has 4 N–H and O–H groups in total. The van der Waals surface area contributed by atoms with Crippen molar-refractivity contribution in [3.63, 3.8) is 0 Å². The number of hydrogen-bond donors (Lipinski definition) is 4. The van der Waals surface area contributed by atoms with Crippen molar-refractivity contribution in [3.8, 4) is 28.0 Å². The third kappa shape index (κ3) is 7.84. The van der Waals surface area contributed by atoms with Gasteiger partial charge in [-0.3, -0.25) is 14.3 Å². The zero-order valence-electron chi connectivity index (χ0n) is 27.7. The Morgan fingerprint density at radius 2 is 1.76 bits per heavy atom. The Labute approximate surface area is 305 Å². The van der Waals surface area contributed by atoms with E-state index >= 15 is 0 Å². The summed E-state index contributed by atoms with van der Waals surface area (Å²) in [5.74, 6) is 0.555. The molecule has 6 rings (SSSR count). The van der Waals surface area contributed by atoms with Crippen LogP contribution < -0.4 is 20.7 Å². The molecular formula is C38H38Cl3N5O4. The molecule has 12 heteroatoms. The minimum atomic E-state index is -0.674. The van der Waals surface area contributed by atoms with Crippen LogP contribution in [0.15, 0.2) is 72.8 Å². The predicted octanol–water partition coefficient (Wildman–Crippen LogP) is 6.80. The number of amides is 1. The summed E-state index contributed by atoms with van der Waals surface area (Å²) in [6.07, 6.45) is 1.47. The summed E-state index contributed by atoms with van der Waals surface area (Å²) in [7, 11) is 1.57. The van der Waals surface area contributed by atoms with Crippen molar-refractivity contribution in [2.75, 3.05) is 20.3 Å². The van der Waals surface area contributed by atoms with Gasteiger partial charge in [-0.15, -0.1) is 0 Å². The molecular weight excluding hydrogens is 697 g/mol. The number of nitrogens with zero attached hydrogens (tertiary/aromatic N) is 2. The SMILES string of the molecule is COc1cc(Cn2nc(Cl)c3c(-c4cccc(-c5ccc(CNCC6CCC(=O)N6)cc5)c4Cl)cccc32)c(Cl)cc1CNC(CO)C(C)=O. The van der Waals surface area contributed by atoms with Gasteiger partial charge in [-0.05, 0) is 53.8 Å². The highest BCUT2D eigenvalue weighted by Crippen LogP contribution is 2.41. The van der Waals surface area contributed by atoms with Gasteiger partial charge in [0.2, 0.25) is 5.91 Å². The highest BCUT2D eigenvalue weighted by molar-refractivity contribution is 6.38. The second kappa shape index (κ2) is 15.9. The number of methoxy groups -OCH3 is 1. The van der Waals surface area contributed by atoms with E-state index in [-0.39, 0.29) is 30.9 Å². The number of nitrogens with one attached hydrogen (secondary N) is 3. The van der Waals surface area contributed by atoms with Crippen LogP contribution >= 0.6 is 34.8 Å². The van der Waals surface area contributed by atoms with Crippen LogP contribution in [0.1, 0.15) is 36.5 Å². The lowest BCUT2D eigenvalue weighted by Crippen LogP contribution is -2.38. The number of aliphatic hydroxyl groups is 1. The molecule has 1 aliphatic rings. The third-order valence-electron chi connectivity index (χ3n) is 9.08. The van der Waals surface area contributed by atoms with Crippen LogP contribution in [0.5, 0.6) is 5.75 Å². The number of fused-ring (bicyclic) bond motifs is 1. The van der Waals surface area contributed by atoms with Crippen LogP contribution in [0.25, 0.3) is 33.2 Å². The number of aromatic nitrogens is 2. The molecule has 1 fully saturated rings. The lowest BCUT2D eigenvalue weighted by atomic mass is 9.96. The van der Waals surface area contributed by atoms with Gasteiger partial charge in [-0.1, -0.05) is 89.4 Å². The van der Waals surface area contributed by atoms with Gasteiger partial charge in [0.1, 0.15) is 11.5 Å². The van der Waals surface area contributed by atoms with E-state index in [2.05, 4.69) is 45.3 Å². The van der Waals surface area contributed by atoms with Gasteiger partial charge in [0.25, 0.3) is 0 Å². The minimum Gasteiger partial charge on any atom is -0.496 e. The van der Waals surface area contributed by atoms with Crippen LogP contribution in [0.2, 0.25) is 15.2 Å². The smallest absolute Gasteiger partial charge is 0.220 e. The molecule has 1 aromatic heterocycles. The van der Waals surface area contributed by atoms with Gasteiger partial charge in [0.05, 0.1) is 36.8 Å². The maximum atomic E-state index is 11.8. The molecule has 5 aromatic rings. The summed E-state index contributed by atoms with van der Waals surface area (Å²) in [5, 5.41) is 25.9. The first-order valence-corrected chi connectivity index (χ1v) is 17.5. The number of ketones is 1. The molecule has 0 aliphatic carbocycles. The fraction of sp³-hybridized carbons (Fsp3) is 0.289. The predicted molar refractivity (Wildman–Crippen MR) is 199 cm³/mol. The quantitative estimate of drug-likeness (QED) is 0.0993. The van der Waals surface area contributed by atoms with E-state index < -0.39 is 6.04 Å². The fourth-order valence-electron chi connectivity index (χ4n) is 6.33. The lowest BCUT2D eigenvalue weighted by molar-refractivity contribution is -0.120. The molecule has 4 aromatic carbocycles. The minimum absolute atomic E-state index is 0.122. The van der Waals surface area contributed by atoms with E-state index in [0.717, 1.165) is 62.8 Å². The molecule has 1 saturated heterocycles. The van der Waals surface area contributed by atoms with E-state index in [4.69, 9.17) is 39.5 Å². The molecule has 2 unspecified atom stereocenters. The van der Waals surface area contributed by atoms with Crippen molar-refractivity contribution in [1.29, 1.82) is 0 Å². The average molecular weight is 735 g/mol. The number of rotatable bonds is 14. The second-order valence-corrected chi connectivity index (χ2v) is 13.6. The van der Waals surface area contributed by atoms with Crippen LogP contribution in [-0.2, 0) is 29.2 Å². The van der Waals surface area contributed by atoms with Gasteiger partial charge >= 0.3 is 0 Å². The van der Waals surface area contributed by atoms with Crippen LogP contribution in [-0.4, -0.2) is 58.9 Å². The van der Waals surface area contributed by atoms with Gasteiger partial charge in [-0.2, -0.15) is 5.10 Å². The zero-order chi connectivity index (χ0) is 35.4. The molecule has 0 spiro atoms. The molecule has 2 heterocycles. The first-order valence-electron chi connectivity index (χ1n) is 16.4. The van der Waals surface area contributed by atoms with Crippen LogP contribution in [0.4, 0.5) is 0 Å². The standard InChI is InChI=1S/C38H38Cl3N5O4/c1-22(48)32(21-47)43-18-25-15-31(39)26(16-34(25)50-2)20-46-33-8-4-6-29(36(33)38(41)45-46)30-7-3-5-28(37(30)40)24-11-9-23(10-12-24)17-42-19-27-13-14-35(49)44-27/h3-12,15-16,27,32,42-43,47H,13-14,17-21H2,1-2H3,(H,44,49). The van der Waals surface area contributed by atoms with Crippen molar-refractivity contribution in [3.05, 3.63) is 105 Å². The van der Waals surface area contributed by atoms with Gasteiger partial charge in [-0.25, -0.2) is 0 Å². The summed E-state index contributed by atoms with van der Waals surface area (Å²) in [5.41, 5.74) is 7.07. The summed E-state index contributed by atoms with van der Waals surface area (Å²) in [4.78, 5) is 23.2. The first kappa shape index (κ1) is 35.9. The monoisotopic (exact) mass is 733 g/mol. The Bertz CT molecular complexity index is 2030. The highest BCUT2D eigenvalue weighted by atomic mass is 35.5. The van der Waals surface area contributed by atoms with E-state index in [9.17, 15) is 14.7 Å². The largest absolute Gasteiger partial charge is 0.496 e. The Morgan fingerprint density at radius 1 is 1.02 bits per heavy atom. The summed E-state index contributed by atoms with van der Waals surface area (Å²) < 4.78 is 7.46. The first-order chi connectivity index (χ1) is 24.2. The van der Waals surface area contributed by atoms with Crippen molar-refractivity contribution in [2.24, 2.45) is 0 Å². The molecule has 50 heavy (non-hydrogen) atoms. The highest BCUT2D eigenvalue weighted by Gasteiger charge is 2.21. The van der Waals surface area contributed by atoms with E-state index in [0.29, 0.717) is 40.5 Å². The van der Waals surface area contributed by atoms with Crippen molar-refractivity contribution >= 4 is 57.4 Å². The fourth-order valence-corrected chi connectivity index (χ4v) is 7.20. The molecule has 0 bridgehead atoms. The van der Waals surface area contributed by atoms with E-state index in [1.54, 1.807) is 13.2 Å². The van der Waals surface area contributed by atoms with Gasteiger partial charge < -0.3 is 25.8 Å². The Morgan fingerprint density at radius 3 is 2.46 bits per heavy atom. The molecule has 1 amide bonds. The van der Waals surface area contributed by atoms with Crippen molar-refractivity contribution in [1.82, 2.24) is 25.7 Å². The Hall–Kier alpha value is -3.96. The zero-order valence-corrected chi connectivity index (χ0v) is 30.0. The average Bonchev–Trinajstić information content (AvgIpc) is 3.67. The second-order valence-electron chi connectivity index (χ2n) is 12.4. The molecule has 1 aliphatic heterocycles. The summed E-state index contributed by atoms with van der Waals surface area (Å²) in [6, 6.07) is 23.3. The Kier molecular flexibility index (Phi) is 11.4. The van der Waals surface area contributed by atoms with E-state index in [1.807, 2.05) is 47.1 Å². The van der Waals surface area contributed by atoms with Crippen LogP contribution in [0.3, 0.4) is 0 Å². The van der Waals surface area contributed by atoms with E-state index in [1.165, 1.54) is 6.92 Å². The number of halogens is 3. The van der Waals surface area contributed by atoms with Crippen LogP contribution in [0, 0.1) is 0 Å². The van der Waals surface area contributed by atoms with Crippen molar-refractivity contribution < 1.29 is 19.4 Å². The third-order valence-corrected chi connectivity index (χ3v) is 10.1. The molecule has 9 nitrogen and oxygen atoms in total. The summed E-state index contributed by atoms with van der Waals surface area (Å²) in [6.45, 7) is 3.19. The summed E-state index contributed by atoms with van der Waals surface area (Å²) >= 11 is 20.7. The number of hydrogen-bond acceptors (Lipinski definition) is 7.